The minimum atomic E-state index is 0.405. The van der Waals surface area contributed by atoms with Crippen LogP contribution in [0.2, 0.25) is 0 Å². The normalized spacial score (nSPS) is 29.9. The number of hydrogen-bond donors (Lipinski definition) is 1. The van der Waals surface area contributed by atoms with Crippen LogP contribution in [-0.4, -0.2) is 16.2 Å². The lowest BCUT2D eigenvalue weighted by molar-refractivity contribution is 0.248. The Balaban J connectivity index is 1.84. The van der Waals surface area contributed by atoms with Crippen LogP contribution in [0.1, 0.15) is 18.7 Å². The fraction of sp³-hybridized carbons (Fsp3) is 0.714. The van der Waals surface area contributed by atoms with Gasteiger partial charge in [-0.3, -0.25) is 0 Å². The van der Waals surface area contributed by atoms with Crippen LogP contribution in [0, 0.1) is 5.92 Å². The molecule has 1 fully saturated rings. The van der Waals surface area contributed by atoms with Gasteiger partial charge in [0.25, 0.3) is 0 Å². The van der Waals surface area contributed by atoms with E-state index in [1.807, 2.05) is 0 Å². The highest BCUT2D eigenvalue weighted by Crippen LogP contribution is 2.28. The van der Waals surface area contributed by atoms with Crippen LogP contribution in [-0.2, 0) is 6.42 Å². The number of aromatic nitrogens is 2. The monoisotopic (exact) mass is 153 g/mol. The molecule has 0 atom stereocenters. The number of rotatable bonds is 2. The molecule has 4 nitrogen and oxygen atoms in total. The molecule has 1 aliphatic carbocycles. The average Bonchev–Trinajstić information content (AvgIpc) is 2.36. The summed E-state index contributed by atoms with van der Waals surface area (Å²) in [5.41, 5.74) is 5.63. The second-order valence-electron chi connectivity index (χ2n) is 3.13. The highest BCUT2D eigenvalue weighted by molar-refractivity contribution is 4.88. The van der Waals surface area contributed by atoms with Crippen LogP contribution in [0.25, 0.3) is 0 Å². The van der Waals surface area contributed by atoms with Crippen LogP contribution in [0.5, 0.6) is 0 Å². The molecule has 0 aromatic carbocycles. The quantitative estimate of drug-likeness (QED) is 0.665. The first-order valence-corrected chi connectivity index (χ1v) is 3.85. The van der Waals surface area contributed by atoms with E-state index in [0.29, 0.717) is 12.0 Å². The van der Waals surface area contributed by atoms with Crippen LogP contribution < -0.4 is 5.73 Å². The molecule has 0 radical (unpaired) electrons. The van der Waals surface area contributed by atoms with E-state index in [0.717, 1.165) is 25.2 Å². The fourth-order valence-corrected chi connectivity index (χ4v) is 1.49. The van der Waals surface area contributed by atoms with Gasteiger partial charge in [-0.2, -0.15) is 0 Å². The molecule has 0 spiro atoms. The lowest BCUT2D eigenvalue weighted by Crippen LogP contribution is -2.37. The maximum absolute atomic E-state index is 5.63. The summed E-state index contributed by atoms with van der Waals surface area (Å²) in [6.45, 7) is 0. The summed E-state index contributed by atoms with van der Waals surface area (Å²) in [6, 6.07) is 0.405. The Kier molecular flexibility index (Phi) is 1.62. The Morgan fingerprint density at radius 2 is 2.45 bits per heavy atom. The van der Waals surface area contributed by atoms with Gasteiger partial charge in [0, 0.05) is 12.5 Å². The minimum Gasteiger partial charge on any atom is -0.428 e. The first kappa shape index (κ1) is 6.79. The first-order valence-electron chi connectivity index (χ1n) is 3.85. The molecule has 0 amide bonds. The topological polar surface area (TPSA) is 64.9 Å². The van der Waals surface area contributed by atoms with Crippen molar-refractivity contribution in [2.75, 3.05) is 0 Å². The number of hydrogen-bond acceptors (Lipinski definition) is 4. The van der Waals surface area contributed by atoms with Gasteiger partial charge in [-0.05, 0) is 18.8 Å². The van der Waals surface area contributed by atoms with Gasteiger partial charge in [-0.15, -0.1) is 10.2 Å². The van der Waals surface area contributed by atoms with E-state index in [-0.39, 0.29) is 0 Å². The second kappa shape index (κ2) is 2.62. The van der Waals surface area contributed by atoms with Crippen LogP contribution in [0.3, 0.4) is 0 Å². The second-order valence-corrected chi connectivity index (χ2v) is 3.13. The first-order chi connectivity index (χ1) is 5.34. The van der Waals surface area contributed by atoms with Crippen molar-refractivity contribution in [1.29, 1.82) is 0 Å². The molecule has 1 aromatic heterocycles. The molecule has 0 bridgehead atoms. The third-order valence-corrected chi connectivity index (χ3v) is 2.14. The predicted octanol–water partition coefficient (Wildman–Crippen LogP) is 0.349. The summed E-state index contributed by atoms with van der Waals surface area (Å²) in [4.78, 5) is 0. The molecule has 60 valence electrons. The molecule has 4 heteroatoms. The van der Waals surface area contributed by atoms with E-state index >= 15 is 0 Å². The van der Waals surface area contributed by atoms with E-state index in [4.69, 9.17) is 10.2 Å². The third kappa shape index (κ3) is 1.40. The van der Waals surface area contributed by atoms with Gasteiger partial charge >= 0.3 is 0 Å². The molecule has 1 heterocycles. The highest BCUT2D eigenvalue weighted by Gasteiger charge is 2.27. The maximum Gasteiger partial charge on any atom is 0.216 e. The average molecular weight is 153 g/mol. The summed E-state index contributed by atoms with van der Waals surface area (Å²) in [5.74, 6) is 1.41. The van der Waals surface area contributed by atoms with E-state index in [1.54, 1.807) is 0 Å². The third-order valence-electron chi connectivity index (χ3n) is 2.14. The van der Waals surface area contributed by atoms with Crippen molar-refractivity contribution in [2.24, 2.45) is 11.7 Å². The van der Waals surface area contributed by atoms with Gasteiger partial charge < -0.3 is 10.2 Å². The van der Waals surface area contributed by atoms with Gasteiger partial charge in [-0.25, -0.2) is 0 Å². The van der Waals surface area contributed by atoms with Crippen molar-refractivity contribution in [3.63, 3.8) is 0 Å². The zero-order valence-corrected chi connectivity index (χ0v) is 6.23. The molecule has 0 unspecified atom stereocenters. The number of nitrogens with two attached hydrogens (primary N) is 1. The molecule has 2 rings (SSSR count). The molecular formula is C7H11N3O. The Hall–Kier alpha value is -0.900. The summed E-state index contributed by atoms with van der Waals surface area (Å²) in [7, 11) is 0. The maximum atomic E-state index is 5.63. The van der Waals surface area contributed by atoms with Crippen molar-refractivity contribution in [3.05, 3.63) is 12.3 Å². The van der Waals surface area contributed by atoms with Crippen molar-refractivity contribution in [2.45, 2.75) is 25.3 Å². The molecule has 0 saturated heterocycles. The Morgan fingerprint density at radius 1 is 1.64 bits per heavy atom. The van der Waals surface area contributed by atoms with Crippen LogP contribution in [0.15, 0.2) is 10.8 Å². The largest absolute Gasteiger partial charge is 0.428 e. The van der Waals surface area contributed by atoms with Crippen molar-refractivity contribution in [3.8, 4) is 0 Å². The van der Waals surface area contributed by atoms with Crippen LogP contribution in [0.4, 0.5) is 0 Å². The van der Waals surface area contributed by atoms with E-state index in [9.17, 15) is 0 Å². The lowest BCUT2D eigenvalue weighted by Gasteiger charge is -2.31. The van der Waals surface area contributed by atoms with E-state index in [1.165, 1.54) is 6.39 Å². The molecule has 11 heavy (non-hydrogen) atoms. The van der Waals surface area contributed by atoms with Crippen LogP contribution >= 0.6 is 0 Å². The molecule has 2 N–H and O–H groups in total. The SMILES string of the molecule is NC1CC(Cc2nnco2)C1. The highest BCUT2D eigenvalue weighted by atomic mass is 16.4. The number of nitrogens with zero attached hydrogens (tertiary/aromatic N) is 2. The zero-order valence-electron chi connectivity index (χ0n) is 6.23. The Morgan fingerprint density at radius 3 is 3.00 bits per heavy atom. The van der Waals surface area contributed by atoms with Crippen molar-refractivity contribution < 1.29 is 4.42 Å². The molecule has 1 aliphatic rings. The van der Waals surface area contributed by atoms with Gasteiger partial charge in [0.15, 0.2) is 0 Å². The standard InChI is InChI=1S/C7H11N3O/c8-6-1-5(2-6)3-7-10-9-4-11-7/h4-6H,1-3,8H2. The summed E-state index contributed by atoms with van der Waals surface area (Å²) in [6.07, 6.45) is 4.46. The predicted molar refractivity (Wildman–Crippen MR) is 38.7 cm³/mol. The summed E-state index contributed by atoms with van der Waals surface area (Å²) in [5, 5.41) is 7.41. The summed E-state index contributed by atoms with van der Waals surface area (Å²) >= 11 is 0. The molecule has 1 aromatic rings. The van der Waals surface area contributed by atoms with Crippen molar-refractivity contribution >= 4 is 0 Å². The van der Waals surface area contributed by atoms with E-state index in [2.05, 4.69) is 10.2 Å². The van der Waals surface area contributed by atoms with Gasteiger partial charge in [0.05, 0.1) is 0 Å². The Labute approximate surface area is 64.8 Å². The molecule has 0 aliphatic heterocycles. The smallest absolute Gasteiger partial charge is 0.216 e. The minimum absolute atomic E-state index is 0.405. The van der Waals surface area contributed by atoms with Gasteiger partial charge in [0.2, 0.25) is 12.3 Å². The van der Waals surface area contributed by atoms with E-state index < -0.39 is 0 Å². The van der Waals surface area contributed by atoms with Crippen molar-refractivity contribution in [1.82, 2.24) is 10.2 Å². The molecule has 1 saturated carbocycles. The van der Waals surface area contributed by atoms with Gasteiger partial charge in [-0.1, -0.05) is 0 Å². The fourth-order valence-electron chi connectivity index (χ4n) is 1.49. The summed E-state index contributed by atoms with van der Waals surface area (Å²) < 4.78 is 5.01. The lowest BCUT2D eigenvalue weighted by atomic mass is 9.79. The molecular weight excluding hydrogens is 142 g/mol. The Bertz CT molecular complexity index is 216. The van der Waals surface area contributed by atoms with Gasteiger partial charge in [0.1, 0.15) is 0 Å². The zero-order chi connectivity index (χ0) is 7.68.